The Balaban J connectivity index is 1.46. The molecule has 2 heterocycles. The van der Waals surface area contributed by atoms with Crippen molar-refractivity contribution in [3.8, 4) is 0 Å². The van der Waals surface area contributed by atoms with Crippen molar-refractivity contribution in [2.45, 2.75) is 58.5 Å². The number of carbonyl (C=O) groups excluding carboxylic acids is 3. The number of hydrogen-bond acceptors (Lipinski definition) is 7. The van der Waals surface area contributed by atoms with Gasteiger partial charge in [-0.15, -0.1) is 0 Å². The summed E-state index contributed by atoms with van der Waals surface area (Å²) in [7, 11) is 0. The van der Waals surface area contributed by atoms with Crippen molar-refractivity contribution in [1.82, 2.24) is 4.90 Å². The minimum absolute atomic E-state index is 0.0310. The van der Waals surface area contributed by atoms with Crippen molar-refractivity contribution in [2.24, 2.45) is 22.7 Å². The first-order chi connectivity index (χ1) is 16.1. The van der Waals surface area contributed by atoms with E-state index in [0.29, 0.717) is 44.5 Å². The van der Waals surface area contributed by atoms with Gasteiger partial charge in [-0.2, -0.15) is 0 Å². The zero-order valence-electron chi connectivity index (χ0n) is 20.4. The van der Waals surface area contributed by atoms with Crippen molar-refractivity contribution in [3.63, 3.8) is 0 Å². The summed E-state index contributed by atoms with van der Waals surface area (Å²) in [6.45, 7) is 10.4. The van der Waals surface area contributed by atoms with Crippen LogP contribution in [-0.2, 0) is 23.9 Å². The second-order valence-corrected chi connectivity index (χ2v) is 10.9. The lowest BCUT2D eigenvalue weighted by Gasteiger charge is -2.57. The summed E-state index contributed by atoms with van der Waals surface area (Å²) in [5.74, 6) is -0.396. The van der Waals surface area contributed by atoms with E-state index >= 15 is 0 Å². The van der Waals surface area contributed by atoms with Crippen LogP contribution in [0.25, 0.3) is 0 Å². The first-order valence-corrected chi connectivity index (χ1v) is 12.5. The molecule has 186 valence electrons. The molecule has 1 N–H and O–H groups in total. The lowest BCUT2D eigenvalue weighted by Crippen LogP contribution is -2.56. The van der Waals surface area contributed by atoms with Gasteiger partial charge < -0.3 is 14.6 Å². The lowest BCUT2D eigenvalue weighted by atomic mass is 9.47. The quantitative estimate of drug-likeness (QED) is 0.470. The predicted octanol–water partition coefficient (Wildman–Crippen LogP) is 2.98. The number of carbonyl (C=O) groups is 3. The minimum atomic E-state index is -0.751. The molecule has 0 unspecified atom stereocenters. The highest BCUT2D eigenvalue weighted by atomic mass is 16.5. The number of aliphatic hydroxyl groups excluding tert-OH is 1. The van der Waals surface area contributed by atoms with E-state index in [2.05, 4.69) is 19.6 Å². The van der Waals surface area contributed by atoms with Gasteiger partial charge in [-0.1, -0.05) is 31.2 Å². The van der Waals surface area contributed by atoms with Crippen LogP contribution in [0, 0.1) is 22.7 Å². The Labute approximate surface area is 201 Å². The molecule has 0 bridgehead atoms. The topological polar surface area (TPSA) is 93.1 Å². The van der Waals surface area contributed by atoms with E-state index in [9.17, 15) is 19.5 Å². The molecular formula is C27H37NO6. The number of esters is 2. The first kappa shape index (κ1) is 24.9. The largest absolute Gasteiger partial charge is 0.464 e. The molecule has 2 aliphatic carbocycles. The van der Waals surface area contributed by atoms with Gasteiger partial charge in [-0.25, -0.2) is 4.79 Å². The molecule has 0 amide bonds. The number of aliphatic hydroxyl groups is 1. The van der Waals surface area contributed by atoms with Gasteiger partial charge >= 0.3 is 11.9 Å². The van der Waals surface area contributed by atoms with E-state index in [1.54, 1.807) is 6.08 Å². The zero-order valence-corrected chi connectivity index (χ0v) is 20.4. The number of nitrogens with zero attached hydrogens (tertiary/aromatic N) is 1. The molecule has 4 atom stereocenters. The minimum Gasteiger partial charge on any atom is -0.464 e. The van der Waals surface area contributed by atoms with E-state index in [-0.39, 0.29) is 54.2 Å². The SMILES string of the molecule is C=C1CC[C@H]2[C@@](C)(CCC(=O)[C@@]2(C)COC(=O)CN2CCC(O)CC2)[C@@H]1/C=C/C1=CCOC1=O. The Morgan fingerprint density at radius 1 is 1.26 bits per heavy atom. The van der Waals surface area contributed by atoms with Crippen molar-refractivity contribution in [1.29, 1.82) is 0 Å². The number of likely N-dealkylation sites (tertiary alicyclic amines) is 1. The number of fused-ring (bicyclic) bond motifs is 1. The van der Waals surface area contributed by atoms with Crippen molar-refractivity contribution in [2.75, 3.05) is 32.8 Å². The smallest absolute Gasteiger partial charge is 0.338 e. The molecule has 1 saturated heterocycles. The normalized spacial score (nSPS) is 35.3. The van der Waals surface area contributed by atoms with Crippen LogP contribution in [0.4, 0.5) is 0 Å². The number of cyclic esters (lactones) is 1. The molecule has 0 radical (unpaired) electrons. The number of allylic oxidation sites excluding steroid dienone is 2. The second-order valence-electron chi connectivity index (χ2n) is 10.9. The third-order valence-corrected chi connectivity index (χ3v) is 8.66. The number of hydrogen-bond donors (Lipinski definition) is 1. The van der Waals surface area contributed by atoms with E-state index in [1.165, 1.54) is 0 Å². The van der Waals surface area contributed by atoms with E-state index in [0.717, 1.165) is 24.8 Å². The molecule has 2 saturated carbocycles. The number of ether oxygens (including phenoxy) is 2. The van der Waals surface area contributed by atoms with Gasteiger partial charge in [-0.05, 0) is 56.4 Å². The van der Waals surface area contributed by atoms with Gasteiger partial charge in [0.05, 0.1) is 23.6 Å². The Kier molecular flexibility index (Phi) is 7.15. The highest BCUT2D eigenvalue weighted by molar-refractivity contribution is 5.93. The molecule has 3 fully saturated rings. The summed E-state index contributed by atoms with van der Waals surface area (Å²) >= 11 is 0. The average Bonchev–Trinajstić information content (AvgIpc) is 3.21. The van der Waals surface area contributed by atoms with Crippen LogP contribution < -0.4 is 0 Å². The highest BCUT2D eigenvalue weighted by Gasteiger charge is 2.58. The van der Waals surface area contributed by atoms with Crippen LogP contribution in [0.2, 0.25) is 0 Å². The van der Waals surface area contributed by atoms with Gasteiger partial charge in [0.15, 0.2) is 0 Å². The maximum absolute atomic E-state index is 13.2. The monoisotopic (exact) mass is 471 g/mol. The van der Waals surface area contributed by atoms with Gasteiger partial charge in [0.1, 0.15) is 19.0 Å². The molecule has 0 aromatic heterocycles. The van der Waals surface area contributed by atoms with E-state index in [1.807, 2.05) is 17.9 Å². The average molecular weight is 472 g/mol. The van der Waals surface area contributed by atoms with Crippen LogP contribution >= 0.6 is 0 Å². The Morgan fingerprint density at radius 2 is 2.00 bits per heavy atom. The molecule has 7 heteroatoms. The van der Waals surface area contributed by atoms with Crippen LogP contribution in [0.5, 0.6) is 0 Å². The maximum atomic E-state index is 13.2. The molecule has 0 spiro atoms. The molecule has 34 heavy (non-hydrogen) atoms. The van der Waals surface area contributed by atoms with Crippen molar-refractivity contribution in [3.05, 3.63) is 36.0 Å². The number of ketones is 1. The summed E-state index contributed by atoms with van der Waals surface area (Å²) in [4.78, 5) is 39.7. The lowest BCUT2D eigenvalue weighted by molar-refractivity contribution is -0.163. The molecule has 0 aromatic carbocycles. The Bertz CT molecular complexity index is 914. The Morgan fingerprint density at radius 3 is 2.68 bits per heavy atom. The van der Waals surface area contributed by atoms with E-state index < -0.39 is 5.41 Å². The number of rotatable bonds is 6. The van der Waals surface area contributed by atoms with Crippen LogP contribution in [-0.4, -0.2) is 66.7 Å². The molecule has 7 nitrogen and oxygen atoms in total. The second kappa shape index (κ2) is 9.78. The fourth-order valence-corrected chi connectivity index (χ4v) is 6.52. The van der Waals surface area contributed by atoms with Crippen LogP contribution in [0.3, 0.4) is 0 Å². The van der Waals surface area contributed by atoms with Crippen LogP contribution in [0.1, 0.15) is 52.4 Å². The third kappa shape index (κ3) is 4.78. The standard InChI is InChI=1S/C27H37NO6/c1-18-4-7-22-26(2,21(18)6-5-19-11-15-33-25(19)32)12-8-23(30)27(22,3)17-34-24(31)16-28-13-9-20(29)10-14-28/h5-6,11,20-22,29H,1,4,7-10,12-17H2,2-3H3/b6-5+/t21-,22+,26+,27+/m1/s1. The zero-order chi connectivity index (χ0) is 24.5. The molecule has 2 aliphatic heterocycles. The third-order valence-electron chi connectivity index (χ3n) is 8.66. The van der Waals surface area contributed by atoms with Gasteiger partial charge in [0.2, 0.25) is 0 Å². The van der Waals surface area contributed by atoms with Crippen molar-refractivity contribution >= 4 is 17.7 Å². The maximum Gasteiger partial charge on any atom is 0.338 e. The van der Waals surface area contributed by atoms with Gasteiger partial charge in [0, 0.05) is 25.4 Å². The summed E-state index contributed by atoms with van der Waals surface area (Å²) in [6, 6.07) is 0. The fourth-order valence-electron chi connectivity index (χ4n) is 6.52. The Hall–Kier alpha value is -2.25. The van der Waals surface area contributed by atoms with E-state index in [4.69, 9.17) is 9.47 Å². The van der Waals surface area contributed by atoms with Gasteiger partial charge in [-0.3, -0.25) is 14.5 Å². The molecule has 4 rings (SSSR count). The van der Waals surface area contributed by atoms with Crippen LogP contribution in [0.15, 0.2) is 36.0 Å². The fraction of sp³-hybridized carbons (Fsp3) is 0.667. The molecular weight excluding hydrogens is 434 g/mol. The van der Waals surface area contributed by atoms with Gasteiger partial charge in [0.25, 0.3) is 0 Å². The van der Waals surface area contributed by atoms with Crippen molar-refractivity contribution < 1.29 is 29.0 Å². The highest BCUT2D eigenvalue weighted by Crippen LogP contribution is 2.60. The predicted molar refractivity (Wildman–Crippen MR) is 127 cm³/mol. The molecule has 4 aliphatic rings. The number of piperidine rings is 1. The summed E-state index contributed by atoms with van der Waals surface area (Å²) in [5.41, 5.74) is 0.710. The summed E-state index contributed by atoms with van der Waals surface area (Å²) < 4.78 is 10.7. The number of Topliss-reactive ketones (excluding diaryl/α,β-unsaturated/α-hetero) is 1. The summed E-state index contributed by atoms with van der Waals surface area (Å²) in [5, 5.41) is 9.67. The molecule has 0 aromatic rings. The summed E-state index contributed by atoms with van der Waals surface area (Å²) in [6.07, 6.45) is 9.52. The first-order valence-electron chi connectivity index (χ1n) is 12.5.